The molecule has 1 N–H and O–H groups in total. The van der Waals surface area contributed by atoms with E-state index < -0.39 is 23.5 Å². The average Bonchev–Trinajstić information content (AvgIpc) is 3.33. The summed E-state index contributed by atoms with van der Waals surface area (Å²) in [4.78, 5) is 36.4. The molecule has 162 valence electrons. The molecule has 6 aliphatic rings. The third kappa shape index (κ3) is 2.03. The molecule has 4 saturated carbocycles. The van der Waals surface area contributed by atoms with Crippen molar-refractivity contribution < 1.29 is 24.2 Å². The molecule has 0 aromatic rings. The van der Waals surface area contributed by atoms with Gasteiger partial charge in [-0.2, -0.15) is 0 Å². The highest BCUT2D eigenvalue weighted by atomic mass is 16.6. The van der Waals surface area contributed by atoms with Gasteiger partial charge in [0.25, 0.3) is 0 Å². The van der Waals surface area contributed by atoms with Crippen LogP contribution in [0.15, 0.2) is 11.6 Å². The van der Waals surface area contributed by atoms with Gasteiger partial charge in [0, 0.05) is 24.2 Å². The Bertz CT molecular complexity index is 905. The van der Waals surface area contributed by atoms with Gasteiger partial charge in [-0.25, -0.2) is 0 Å². The van der Waals surface area contributed by atoms with Gasteiger partial charge in [-0.15, -0.1) is 0 Å². The van der Waals surface area contributed by atoms with E-state index in [1.54, 1.807) is 0 Å². The molecule has 5 heteroatoms. The predicted molar refractivity (Wildman–Crippen MR) is 108 cm³/mol. The van der Waals surface area contributed by atoms with E-state index in [0.717, 1.165) is 32.1 Å². The van der Waals surface area contributed by atoms with Crippen molar-refractivity contribution in [2.24, 2.45) is 52.3 Å². The van der Waals surface area contributed by atoms with Crippen molar-refractivity contribution in [2.45, 2.75) is 71.3 Å². The number of allylic oxidation sites excluding steroid dienone is 1. The standard InChI is InChI=1S/C25H32O5/c1-12-8-13-9-14(26)4-6-23(13,2)17-5-7-24(3)20(19(12)17)15-10-18(15)25(24)11-16(21(27)28)22(29)30-25/h9,12,15-20H,4-8,10-11H2,1-3H3,(H,27,28)/t12-,15?,16?,17?,18+,19?,20?,23+,24+,25+/m1/s1. The van der Waals surface area contributed by atoms with Crippen LogP contribution in [0.2, 0.25) is 0 Å². The minimum Gasteiger partial charge on any atom is -0.481 e. The van der Waals surface area contributed by atoms with Crippen LogP contribution in [0.5, 0.6) is 0 Å². The second-order valence-electron chi connectivity index (χ2n) is 11.8. The number of carbonyl (C=O) groups excluding carboxylic acids is 2. The molecule has 0 bridgehead atoms. The lowest BCUT2D eigenvalue weighted by atomic mass is 9.43. The summed E-state index contributed by atoms with van der Waals surface area (Å²) in [5.41, 5.74) is 0.780. The van der Waals surface area contributed by atoms with Gasteiger partial charge in [-0.1, -0.05) is 26.3 Å². The largest absolute Gasteiger partial charge is 0.481 e. The first-order chi connectivity index (χ1) is 14.1. The molecule has 10 atom stereocenters. The third-order valence-electron chi connectivity index (χ3n) is 10.8. The lowest BCUT2D eigenvalue weighted by molar-refractivity contribution is -0.180. The van der Waals surface area contributed by atoms with Crippen LogP contribution in [0.3, 0.4) is 0 Å². The molecular formula is C25H32O5. The molecule has 6 rings (SSSR count). The first-order valence-corrected chi connectivity index (χ1v) is 11.8. The van der Waals surface area contributed by atoms with Crippen molar-refractivity contribution in [3.8, 4) is 0 Å². The molecule has 5 aliphatic carbocycles. The monoisotopic (exact) mass is 412 g/mol. The molecular weight excluding hydrogens is 380 g/mol. The molecule has 0 radical (unpaired) electrons. The van der Waals surface area contributed by atoms with E-state index in [1.807, 2.05) is 6.08 Å². The molecule has 5 unspecified atom stereocenters. The van der Waals surface area contributed by atoms with Gasteiger partial charge >= 0.3 is 11.9 Å². The number of rotatable bonds is 1. The Morgan fingerprint density at radius 2 is 1.97 bits per heavy atom. The molecule has 5 fully saturated rings. The fraction of sp³-hybridized carbons (Fsp3) is 0.800. The van der Waals surface area contributed by atoms with Crippen molar-refractivity contribution >= 4 is 17.7 Å². The second-order valence-corrected chi connectivity index (χ2v) is 11.8. The van der Waals surface area contributed by atoms with Gasteiger partial charge < -0.3 is 9.84 Å². The number of aliphatic carboxylic acids is 1. The first-order valence-electron chi connectivity index (χ1n) is 11.8. The highest BCUT2D eigenvalue weighted by molar-refractivity contribution is 5.96. The maximum Gasteiger partial charge on any atom is 0.321 e. The number of ether oxygens (including phenoxy) is 1. The molecule has 30 heavy (non-hydrogen) atoms. The predicted octanol–water partition coefficient (Wildman–Crippen LogP) is 4.01. The maximum atomic E-state index is 12.5. The number of hydrogen-bond acceptors (Lipinski definition) is 4. The zero-order valence-electron chi connectivity index (χ0n) is 18.1. The second kappa shape index (κ2) is 5.58. The number of carboxylic acid groups (broad SMARTS) is 1. The fourth-order valence-electron chi connectivity index (χ4n) is 9.42. The number of carbonyl (C=O) groups is 3. The maximum absolute atomic E-state index is 12.5. The van der Waals surface area contributed by atoms with E-state index in [1.165, 1.54) is 5.57 Å². The summed E-state index contributed by atoms with van der Waals surface area (Å²) in [6, 6.07) is 0. The Hall–Kier alpha value is -1.65. The molecule has 5 nitrogen and oxygen atoms in total. The van der Waals surface area contributed by atoms with Crippen LogP contribution >= 0.6 is 0 Å². The van der Waals surface area contributed by atoms with Crippen LogP contribution in [0.25, 0.3) is 0 Å². The van der Waals surface area contributed by atoms with E-state index in [-0.39, 0.29) is 16.6 Å². The van der Waals surface area contributed by atoms with E-state index in [9.17, 15) is 19.5 Å². The number of esters is 1. The minimum atomic E-state index is -1.03. The SMILES string of the molecule is C[C@@H]1CC2=CC(=O)CC[C@]2(C)C2CC[C@@]3(C)C(C21)C1C[C@@H]1[C@@]31CC(C(=O)O)C(=O)O1. The summed E-state index contributed by atoms with van der Waals surface area (Å²) in [5, 5.41) is 9.59. The van der Waals surface area contributed by atoms with Crippen LogP contribution in [0.4, 0.5) is 0 Å². The molecule has 1 aliphatic heterocycles. The zero-order chi connectivity index (χ0) is 21.2. The number of carboxylic acids is 1. The van der Waals surface area contributed by atoms with Gasteiger partial charge in [0.2, 0.25) is 0 Å². The number of ketones is 1. The van der Waals surface area contributed by atoms with Crippen LogP contribution < -0.4 is 0 Å². The van der Waals surface area contributed by atoms with E-state index in [0.29, 0.717) is 48.3 Å². The number of fused-ring (bicyclic) bond motifs is 9. The zero-order valence-corrected chi connectivity index (χ0v) is 18.1. The van der Waals surface area contributed by atoms with Crippen molar-refractivity contribution in [1.29, 1.82) is 0 Å². The Kier molecular flexibility index (Phi) is 3.54. The summed E-state index contributed by atoms with van der Waals surface area (Å²) in [5.74, 6) is 0.772. The van der Waals surface area contributed by atoms with Crippen molar-refractivity contribution in [2.75, 3.05) is 0 Å². The van der Waals surface area contributed by atoms with Crippen LogP contribution in [-0.4, -0.2) is 28.4 Å². The summed E-state index contributed by atoms with van der Waals surface area (Å²) >= 11 is 0. The van der Waals surface area contributed by atoms with Gasteiger partial charge in [-0.3, -0.25) is 14.4 Å². The fourth-order valence-corrected chi connectivity index (χ4v) is 9.42. The topological polar surface area (TPSA) is 80.7 Å². The molecule has 0 amide bonds. The summed E-state index contributed by atoms with van der Waals surface area (Å²) in [6.07, 6.45) is 8.09. The Balaban J connectivity index is 1.40. The van der Waals surface area contributed by atoms with Crippen LogP contribution in [0, 0.1) is 52.3 Å². The molecule has 1 saturated heterocycles. The number of hydrogen-bond donors (Lipinski definition) is 1. The van der Waals surface area contributed by atoms with Gasteiger partial charge in [0.05, 0.1) is 0 Å². The van der Waals surface area contributed by atoms with E-state index >= 15 is 0 Å². The van der Waals surface area contributed by atoms with Gasteiger partial charge in [0.15, 0.2) is 11.7 Å². The smallest absolute Gasteiger partial charge is 0.321 e. The summed E-state index contributed by atoms with van der Waals surface area (Å²) in [7, 11) is 0. The average molecular weight is 413 g/mol. The Morgan fingerprint density at radius 1 is 1.20 bits per heavy atom. The van der Waals surface area contributed by atoms with Crippen molar-refractivity contribution in [1.82, 2.24) is 0 Å². The van der Waals surface area contributed by atoms with E-state index in [2.05, 4.69) is 20.8 Å². The van der Waals surface area contributed by atoms with Gasteiger partial charge in [-0.05, 0) is 73.2 Å². The minimum absolute atomic E-state index is 0.114. The van der Waals surface area contributed by atoms with Crippen molar-refractivity contribution in [3.63, 3.8) is 0 Å². The molecule has 1 heterocycles. The summed E-state index contributed by atoms with van der Waals surface area (Å²) < 4.78 is 6.10. The Labute approximate surface area is 177 Å². The molecule has 0 aromatic heterocycles. The lowest BCUT2D eigenvalue weighted by Gasteiger charge is -2.62. The third-order valence-corrected chi connectivity index (χ3v) is 10.8. The molecule has 1 spiro atoms. The van der Waals surface area contributed by atoms with Crippen molar-refractivity contribution in [3.05, 3.63) is 11.6 Å². The Morgan fingerprint density at radius 3 is 2.67 bits per heavy atom. The molecule has 0 aromatic carbocycles. The lowest BCUT2D eigenvalue weighted by Crippen LogP contribution is -2.58. The summed E-state index contributed by atoms with van der Waals surface area (Å²) in [6.45, 7) is 7.05. The van der Waals surface area contributed by atoms with Crippen LogP contribution in [-0.2, 0) is 19.1 Å². The van der Waals surface area contributed by atoms with Crippen LogP contribution in [0.1, 0.15) is 65.7 Å². The normalized spacial score (nSPS) is 55.8. The first kappa shape index (κ1) is 19.1. The quantitative estimate of drug-likeness (QED) is 0.520. The highest BCUT2D eigenvalue weighted by Crippen LogP contribution is 2.80. The van der Waals surface area contributed by atoms with E-state index in [4.69, 9.17) is 4.74 Å². The van der Waals surface area contributed by atoms with Gasteiger partial charge in [0.1, 0.15) is 5.60 Å². The highest BCUT2D eigenvalue weighted by Gasteiger charge is 2.80.